The Kier molecular flexibility index (Phi) is 7.53. The molecular weight excluding hydrogens is 422 g/mol. The van der Waals surface area contributed by atoms with Gasteiger partial charge >= 0.3 is 0 Å². The van der Waals surface area contributed by atoms with Gasteiger partial charge in [-0.15, -0.1) is 12.4 Å². The van der Waals surface area contributed by atoms with Crippen LogP contribution in [0.1, 0.15) is 19.4 Å². The van der Waals surface area contributed by atoms with Gasteiger partial charge in [0.2, 0.25) is 12.7 Å². The van der Waals surface area contributed by atoms with E-state index in [4.69, 9.17) is 14.5 Å². The molecular formula is C22H26ClN3O3S. The average molecular weight is 448 g/mol. The molecule has 0 atom stereocenters. The first-order chi connectivity index (χ1) is 14.2. The standard InChI is InChI=1S/C22H25N3O3S.ClH/c1-3-24(4-2)10-11-25(21(26)12-16-8-6-5-7-9-16)22-23-17-13-18-19(28-15-27-18)14-20(17)29-22;/h5-9,13-14H,3-4,10-12,15H2,1-2H3;1H. The van der Waals surface area contributed by atoms with Gasteiger partial charge in [0, 0.05) is 25.2 Å². The molecule has 0 saturated carbocycles. The predicted molar refractivity (Wildman–Crippen MR) is 123 cm³/mol. The van der Waals surface area contributed by atoms with Crippen molar-refractivity contribution in [1.29, 1.82) is 0 Å². The van der Waals surface area contributed by atoms with Crippen molar-refractivity contribution in [3.63, 3.8) is 0 Å². The van der Waals surface area contributed by atoms with Crippen LogP contribution in [0.2, 0.25) is 0 Å². The van der Waals surface area contributed by atoms with E-state index >= 15 is 0 Å². The van der Waals surface area contributed by atoms with Gasteiger partial charge in [-0.25, -0.2) is 4.98 Å². The van der Waals surface area contributed by atoms with E-state index in [-0.39, 0.29) is 25.1 Å². The normalized spacial score (nSPS) is 12.2. The van der Waals surface area contributed by atoms with Crippen LogP contribution in [0.15, 0.2) is 42.5 Å². The number of aromatic nitrogens is 1. The molecule has 0 fully saturated rings. The summed E-state index contributed by atoms with van der Waals surface area (Å²) in [6.45, 7) is 7.85. The summed E-state index contributed by atoms with van der Waals surface area (Å²) in [5.74, 6) is 1.50. The van der Waals surface area contributed by atoms with Crippen LogP contribution in [0.3, 0.4) is 0 Å². The highest BCUT2D eigenvalue weighted by atomic mass is 35.5. The van der Waals surface area contributed by atoms with Gasteiger partial charge in [-0.2, -0.15) is 0 Å². The third kappa shape index (κ3) is 4.86. The van der Waals surface area contributed by atoms with E-state index in [1.54, 1.807) is 0 Å². The molecule has 0 N–H and O–H groups in total. The smallest absolute Gasteiger partial charge is 0.233 e. The highest BCUT2D eigenvalue weighted by Gasteiger charge is 2.23. The summed E-state index contributed by atoms with van der Waals surface area (Å²) in [5.41, 5.74) is 1.84. The maximum atomic E-state index is 13.2. The fourth-order valence-electron chi connectivity index (χ4n) is 3.40. The quantitative estimate of drug-likeness (QED) is 0.513. The van der Waals surface area contributed by atoms with Crippen molar-refractivity contribution in [3.8, 4) is 11.5 Å². The molecule has 1 aliphatic heterocycles. The van der Waals surface area contributed by atoms with Crippen LogP contribution >= 0.6 is 23.7 Å². The number of carbonyl (C=O) groups excluding carboxylic acids is 1. The van der Waals surface area contributed by atoms with Crippen molar-refractivity contribution < 1.29 is 14.3 Å². The summed E-state index contributed by atoms with van der Waals surface area (Å²) < 4.78 is 11.9. The molecule has 0 aliphatic carbocycles. The number of carbonyl (C=O) groups is 1. The number of benzene rings is 2. The monoisotopic (exact) mass is 447 g/mol. The lowest BCUT2D eigenvalue weighted by Crippen LogP contribution is -2.39. The Bertz CT molecular complexity index is 951. The molecule has 0 bridgehead atoms. The predicted octanol–water partition coefficient (Wildman–Crippen LogP) is 4.36. The molecule has 30 heavy (non-hydrogen) atoms. The number of hydrogen-bond donors (Lipinski definition) is 0. The Labute approximate surface area is 186 Å². The average Bonchev–Trinajstić information content (AvgIpc) is 3.35. The highest BCUT2D eigenvalue weighted by Crippen LogP contribution is 2.39. The van der Waals surface area contributed by atoms with Crippen molar-refractivity contribution in [1.82, 2.24) is 9.88 Å². The Morgan fingerprint density at radius 3 is 2.47 bits per heavy atom. The van der Waals surface area contributed by atoms with E-state index in [1.807, 2.05) is 47.4 Å². The molecule has 6 nitrogen and oxygen atoms in total. The van der Waals surface area contributed by atoms with Crippen LogP contribution in [-0.4, -0.2) is 48.8 Å². The van der Waals surface area contributed by atoms with E-state index in [9.17, 15) is 4.79 Å². The number of rotatable bonds is 8. The summed E-state index contributed by atoms with van der Waals surface area (Å²) in [5, 5.41) is 0.719. The number of likely N-dealkylation sites (N-methyl/N-ethyl adjacent to an activating group) is 1. The number of halogens is 1. The Morgan fingerprint density at radius 2 is 1.77 bits per heavy atom. The summed E-state index contributed by atoms with van der Waals surface area (Å²) >= 11 is 1.52. The van der Waals surface area contributed by atoms with Crippen LogP contribution in [0.25, 0.3) is 10.2 Å². The lowest BCUT2D eigenvalue weighted by Gasteiger charge is -2.24. The van der Waals surface area contributed by atoms with Crippen molar-refractivity contribution in [2.24, 2.45) is 0 Å². The third-order valence-corrected chi connectivity index (χ3v) is 6.18. The molecule has 1 aliphatic rings. The number of thiazole rings is 1. The molecule has 2 aromatic carbocycles. The van der Waals surface area contributed by atoms with Gasteiger partial charge in [-0.05, 0) is 18.7 Å². The van der Waals surface area contributed by atoms with Crippen molar-refractivity contribution >= 4 is 45.0 Å². The second-order valence-electron chi connectivity index (χ2n) is 6.90. The van der Waals surface area contributed by atoms with Gasteiger partial charge < -0.3 is 14.4 Å². The SMILES string of the molecule is CCN(CC)CCN(C(=O)Cc1ccccc1)c1nc2cc3c(cc2s1)OCO3.Cl. The minimum Gasteiger partial charge on any atom is -0.454 e. The van der Waals surface area contributed by atoms with E-state index in [0.29, 0.717) is 18.7 Å². The molecule has 0 radical (unpaired) electrons. The van der Waals surface area contributed by atoms with Crippen molar-refractivity contribution in [3.05, 3.63) is 48.0 Å². The molecule has 160 valence electrons. The molecule has 0 spiro atoms. The number of ether oxygens (including phenoxy) is 2. The maximum Gasteiger partial charge on any atom is 0.233 e. The summed E-state index contributed by atoms with van der Waals surface area (Å²) in [6, 6.07) is 13.7. The Balaban J connectivity index is 0.00000256. The summed E-state index contributed by atoms with van der Waals surface area (Å²) in [7, 11) is 0. The summed E-state index contributed by atoms with van der Waals surface area (Å²) in [6.07, 6.45) is 0.359. The number of amides is 1. The lowest BCUT2D eigenvalue weighted by atomic mass is 10.1. The first-order valence-electron chi connectivity index (χ1n) is 9.94. The van der Waals surface area contributed by atoms with E-state index in [0.717, 1.165) is 46.3 Å². The molecule has 0 saturated heterocycles. The zero-order valence-corrected chi connectivity index (χ0v) is 18.8. The number of hydrogen-bond acceptors (Lipinski definition) is 6. The van der Waals surface area contributed by atoms with E-state index < -0.39 is 0 Å². The zero-order chi connectivity index (χ0) is 20.2. The third-order valence-electron chi connectivity index (χ3n) is 5.14. The molecule has 2 heterocycles. The van der Waals surface area contributed by atoms with Crippen LogP contribution < -0.4 is 14.4 Å². The topological polar surface area (TPSA) is 54.9 Å². The van der Waals surface area contributed by atoms with Gasteiger partial charge in [-0.3, -0.25) is 9.69 Å². The van der Waals surface area contributed by atoms with Gasteiger partial charge in [-0.1, -0.05) is 55.5 Å². The second-order valence-corrected chi connectivity index (χ2v) is 7.91. The van der Waals surface area contributed by atoms with Crippen LogP contribution in [0.4, 0.5) is 5.13 Å². The van der Waals surface area contributed by atoms with Gasteiger partial charge in [0.05, 0.1) is 16.6 Å². The van der Waals surface area contributed by atoms with Gasteiger partial charge in [0.15, 0.2) is 16.6 Å². The first kappa shape index (κ1) is 22.3. The summed E-state index contributed by atoms with van der Waals surface area (Å²) in [4.78, 5) is 22.1. The zero-order valence-electron chi connectivity index (χ0n) is 17.2. The van der Waals surface area contributed by atoms with Crippen LogP contribution in [0.5, 0.6) is 11.5 Å². The number of anilines is 1. The highest BCUT2D eigenvalue weighted by molar-refractivity contribution is 7.22. The van der Waals surface area contributed by atoms with E-state index in [2.05, 4.69) is 18.7 Å². The Morgan fingerprint density at radius 1 is 1.07 bits per heavy atom. The number of nitrogens with zero attached hydrogens (tertiary/aromatic N) is 3. The fourth-order valence-corrected chi connectivity index (χ4v) is 4.41. The minimum absolute atomic E-state index is 0. The minimum atomic E-state index is 0. The molecule has 3 aromatic rings. The molecule has 0 unspecified atom stereocenters. The lowest BCUT2D eigenvalue weighted by molar-refractivity contribution is -0.118. The molecule has 4 rings (SSSR count). The maximum absolute atomic E-state index is 13.2. The van der Waals surface area contributed by atoms with E-state index in [1.165, 1.54) is 11.3 Å². The van der Waals surface area contributed by atoms with Gasteiger partial charge in [0.1, 0.15) is 0 Å². The van der Waals surface area contributed by atoms with Crippen molar-refractivity contribution in [2.45, 2.75) is 20.3 Å². The van der Waals surface area contributed by atoms with Crippen molar-refractivity contribution in [2.75, 3.05) is 37.9 Å². The Hall–Kier alpha value is -2.35. The number of fused-ring (bicyclic) bond motifs is 2. The van der Waals surface area contributed by atoms with Gasteiger partial charge in [0.25, 0.3) is 0 Å². The molecule has 8 heteroatoms. The first-order valence-corrected chi connectivity index (χ1v) is 10.8. The second kappa shape index (κ2) is 10.1. The fraction of sp³-hybridized carbons (Fsp3) is 0.364. The molecule has 1 amide bonds. The molecule has 1 aromatic heterocycles. The van der Waals surface area contributed by atoms with Crippen LogP contribution in [0, 0.1) is 0 Å². The largest absolute Gasteiger partial charge is 0.454 e. The van der Waals surface area contributed by atoms with Crippen LogP contribution in [-0.2, 0) is 11.2 Å².